The third-order valence-corrected chi connectivity index (χ3v) is 3.33. The molecule has 0 aromatic heterocycles. The van der Waals surface area contributed by atoms with Crippen molar-refractivity contribution in [2.45, 2.75) is 26.3 Å². The van der Waals surface area contributed by atoms with Crippen LogP contribution in [0.15, 0.2) is 42.5 Å². The number of hydrogen-bond donors (Lipinski definition) is 1. The van der Waals surface area contributed by atoms with Crippen LogP contribution in [0.1, 0.15) is 30.5 Å². The summed E-state index contributed by atoms with van der Waals surface area (Å²) in [6.07, 6.45) is 0.906. The molecule has 0 aliphatic rings. The van der Waals surface area contributed by atoms with Crippen LogP contribution in [-0.4, -0.2) is 0 Å². The van der Waals surface area contributed by atoms with Gasteiger partial charge in [0.1, 0.15) is 11.5 Å². The number of nitrogens with two attached hydrogens (primary N) is 1. The highest BCUT2D eigenvalue weighted by atomic mass is 35.5. The predicted octanol–water partition coefficient (Wildman–Crippen LogP) is 4.85. The van der Waals surface area contributed by atoms with Crippen LogP contribution in [0.3, 0.4) is 0 Å². The van der Waals surface area contributed by atoms with Gasteiger partial charge in [0.05, 0.1) is 0 Å². The Morgan fingerprint density at radius 2 is 2.00 bits per heavy atom. The van der Waals surface area contributed by atoms with Gasteiger partial charge in [0, 0.05) is 11.1 Å². The van der Waals surface area contributed by atoms with Crippen LogP contribution in [-0.2, 0) is 0 Å². The first-order valence-corrected chi connectivity index (χ1v) is 6.77. The van der Waals surface area contributed by atoms with Crippen LogP contribution in [0.25, 0.3) is 0 Å². The molecule has 0 spiro atoms. The van der Waals surface area contributed by atoms with Crippen molar-refractivity contribution in [3.63, 3.8) is 0 Å². The molecule has 2 N–H and O–H groups in total. The minimum atomic E-state index is 0.0508. The van der Waals surface area contributed by atoms with Gasteiger partial charge in [-0.15, -0.1) is 0 Å². The Morgan fingerprint density at radius 3 is 2.68 bits per heavy atom. The van der Waals surface area contributed by atoms with E-state index in [1.165, 1.54) is 0 Å². The van der Waals surface area contributed by atoms with E-state index in [-0.39, 0.29) is 6.04 Å². The number of rotatable bonds is 4. The van der Waals surface area contributed by atoms with Gasteiger partial charge in [0.15, 0.2) is 0 Å². The summed E-state index contributed by atoms with van der Waals surface area (Å²) in [6.45, 7) is 4.05. The predicted molar refractivity (Wildman–Crippen MR) is 79.9 cm³/mol. The van der Waals surface area contributed by atoms with Crippen molar-refractivity contribution < 1.29 is 4.74 Å². The van der Waals surface area contributed by atoms with Gasteiger partial charge < -0.3 is 10.5 Å². The molecule has 2 nitrogen and oxygen atoms in total. The molecule has 0 radical (unpaired) electrons. The van der Waals surface area contributed by atoms with Gasteiger partial charge in [0.2, 0.25) is 0 Å². The van der Waals surface area contributed by atoms with Crippen molar-refractivity contribution in [1.82, 2.24) is 0 Å². The monoisotopic (exact) mass is 275 g/mol. The molecule has 0 aliphatic carbocycles. The Kier molecular flexibility index (Phi) is 4.46. The Morgan fingerprint density at radius 1 is 1.21 bits per heavy atom. The Hall–Kier alpha value is -1.51. The first-order valence-electron chi connectivity index (χ1n) is 6.39. The molecule has 0 fully saturated rings. The summed E-state index contributed by atoms with van der Waals surface area (Å²) in [6, 6.07) is 13.5. The van der Waals surface area contributed by atoms with Gasteiger partial charge in [-0.05, 0) is 54.8 Å². The fourth-order valence-corrected chi connectivity index (χ4v) is 2.13. The maximum atomic E-state index is 6.03. The normalized spacial score (nSPS) is 12.2. The molecule has 2 rings (SSSR count). The van der Waals surface area contributed by atoms with Crippen LogP contribution in [0, 0.1) is 6.92 Å². The van der Waals surface area contributed by atoms with Crippen LogP contribution >= 0.6 is 11.6 Å². The molecule has 19 heavy (non-hydrogen) atoms. The van der Waals surface area contributed by atoms with Gasteiger partial charge in [-0.2, -0.15) is 0 Å². The average Bonchev–Trinajstić information content (AvgIpc) is 2.41. The lowest BCUT2D eigenvalue weighted by atomic mass is 10.1. The number of ether oxygens (including phenoxy) is 1. The molecule has 100 valence electrons. The summed E-state index contributed by atoms with van der Waals surface area (Å²) in [4.78, 5) is 0. The molecule has 1 atom stereocenters. The summed E-state index contributed by atoms with van der Waals surface area (Å²) >= 11 is 5.93. The van der Waals surface area contributed by atoms with Gasteiger partial charge in [-0.25, -0.2) is 0 Å². The highest BCUT2D eigenvalue weighted by molar-refractivity contribution is 6.30. The lowest BCUT2D eigenvalue weighted by molar-refractivity contribution is 0.477. The van der Waals surface area contributed by atoms with Crippen molar-refractivity contribution in [1.29, 1.82) is 0 Å². The molecule has 0 amide bonds. The van der Waals surface area contributed by atoms with Crippen LogP contribution in [0.2, 0.25) is 5.02 Å². The summed E-state index contributed by atoms with van der Waals surface area (Å²) in [7, 11) is 0. The van der Waals surface area contributed by atoms with Crippen molar-refractivity contribution in [2.24, 2.45) is 5.73 Å². The lowest BCUT2D eigenvalue weighted by Crippen LogP contribution is -2.08. The van der Waals surface area contributed by atoms with E-state index in [4.69, 9.17) is 22.1 Å². The molecule has 2 aromatic rings. The second kappa shape index (κ2) is 6.09. The van der Waals surface area contributed by atoms with Gasteiger partial charge in [-0.3, -0.25) is 0 Å². The van der Waals surface area contributed by atoms with Crippen molar-refractivity contribution >= 4 is 11.6 Å². The SMILES string of the molecule is CCC(N)c1cccc(Oc2ccc(Cl)cc2C)c1. The summed E-state index contributed by atoms with van der Waals surface area (Å²) < 4.78 is 5.89. The number of hydrogen-bond acceptors (Lipinski definition) is 2. The number of halogens is 1. The molecular formula is C16H18ClNO. The summed E-state index contributed by atoms with van der Waals surface area (Å²) in [5, 5.41) is 0.714. The lowest BCUT2D eigenvalue weighted by Gasteiger charge is -2.13. The van der Waals surface area contributed by atoms with Crippen LogP contribution < -0.4 is 10.5 Å². The maximum absolute atomic E-state index is 6.03. The highest BCUT2D eigenvalue weighted by Gasteiger charge is 2.06. The topological polar surface area (TPSA) is 35.2 Å². The van der Waals surface area contributed by atoms with Crippen molar-refractivity contribution in [3.8, 4) is 11.5 Å². The zero-order valence-corrected chi connectivity index (χ0v) is 11.9. The minimum Gasteiger partial charge on any atom is -0.457 e. The second-order valence-corrected chi connectivity index (χ2v) is 5.04. The van der Waals surface area contributed by atoms with E-state index in [0.29, 0.717) is 5.02 Å². The fourth-order valence-electron chi connectivity index (χ4n) is 1.90. The molecule has 0 saturated carbocycles. The van der Waals surface area contributed by atoms with E-state index in [2.05, 4.69) is 6.92 Å². The Balaban J connectivity index is 2.23. The first-order chi connectivity index (χ1) is 9.10. The molecule has 0 saturated heterocycles. The number of aryl methyl sites for hydroxylation is 1. The Labute approximate surface area is 119 Å². The van der Waals surface area contributed by atoms with E-state index >= 15 is 0 Å². The smallest absolute Gasteiger partial charge is 0.130 e. The molecule has 0 aliphatic heterocycles. The second-order valence-electron chi connectivity index (χ2n) is 4.60. The zero-order chi connectivity index (χ0) is 13.8. The molecule has 1 unspecified atom stereocenters. The molecule has 0 heterocycles. The van der Waals surface area contributed by atoms with Crippen molar-refractivity contribution in [3.05, 3.63) is 58.6 Å². The quantitative estimate of drug-likeness (QED) is 0.866. The molecule has 3 heteroatoms. The van der Waals surface area contributed by atoms with Gasteiger partial charge >= 0.3 is 0 Å². The van der Waals surface area contributed by atoms with E-state index in [1.807, 2.05) is 49.4 Å². The standard InChI is InChI=1S/C16H18ClNO/c1-3-15(18)12-5-4-6-14(10-12)19-16-8-7-13(17)9-11(16)2/h4-10,15H,3,18H2,1-2H3. The molecule has 0 bridgehead atoms. The molecular weight excluding hydrogens is 258 g/mol. The maximum Gasteiger partial charge on any atom is 0.130 e. The summed E-state index contributed by atoms with van der Waals surface area (Å²) in [5.41, 5.74) is 8.13. The third-order valence-electron chi connectivity index (χ3n) is 3.09. The van der Waals surface area contributed by atoms with E-state index in [1.54, 1.807) is 0 Å². The van der Waals surface area contributed by atoms with E-state index in [0.717, 1.165) is 29.0 Å². The van der Waals surface area contributed by atoms with Gasteiger partial charge in [-0.1, -0.05) is 30.7 Å². The Bertz CT molecular complexity index is 568. The van der Waals surface area contributed by atoms with E-state index < -0.39 is 0 Å². The van der Waals surface area contributed by atoms with Gasteiger partial charge in [0.25, 0.3) is 0 Å². The molecule has 2 aromatic carbocycles. The van der Waals surface area contributed by atoms with E-state index in [9.17, 15) is 0 Å². The van der Waals surface area contributed by atoms with Crippen LogP contribution in [0.5, 0.6) is 11.5 Å². The van der Waals surface area contributed by atoms with Crippen LogP contribution in [0.4, 0.5) is 0 Å². The zero-order valence-electron chi connectivity index (χ0n) is 11.2. The first kappa shape index (κ1) is 13.9. The minimum absolute atomic E-state index is 0.0508. The summed E-state index contributed by atoms with van der Waals surface area (Å²) in [5.74, 6) is 1.61. The largest absolute Gasteiger partial charge is 0.457 e. The highest BCUT2D eigenvalue weighted by Crippen LogP contribution is 2.28. The average molecular weight is 276 g/mol. The fraction of sp³-hybridized carbons (Fsp3) is 0.250. The number of benzene rings is 2. The van der Waals surface area contributed by atoms with Crippen molar-refractivity contribution in [2.75, 3.05) is 0 Å². The third kappa shape index (κ3) is 3.49.